The van der Waals surface area contributed by atoms with Crippen molar-refractivity contribution in [3.63, 3.8) is 0 Å². The molecule has 0 bridgehead atoms. The molecule has 0 fully saturated rings. The van der Waals surface area contributed by atoms with Crippen LogP contribution in [-0.4, -0.2) is 36.5 Å². The van der Waals surface area contributed by atoms with Gasteiger partial charge in [0.2, 0.25) is 0 Å². The highest BCUT2D eigenvalue weighted by Gasteiger charge is 2.27. The van der Waals surface area contributed by atoms with Crippen LogP contribution in [0.25, 0.3) is 16.9 Å². The van der Waals surface area contributed by atoms with Crippen LogP contribution >= 0.6 is 11.3 Å². The van der Waals surface area contributed by atoms with Crippen LogP contribution in [0.1, 0.15) is 26.1 Å². The average molecular weight is 432 g/mol. The van der Waals surface area contributed by atoms with Crippen LogP contribution in [-0.2, 0) is 13.1 Å². The zero-order valence-corrected chi connectivity index (χ0v) is 18.1. The number of carbonyl (C=O) groups excluding carboxylic acids is 1. The van der Waals surface area contributed by atoms with Gasteiger partial charge in [-0.3, -0.25) is 9.59 Å². The van der Waals surface area contributed by atoms with Crippen LogP contribution in [0.2, 0.25) is 0 Å². The van der Waals surface area contributed by atoms with Gasteiger partial charge in [-0.1, -0.05) is 30.3 Å². The molecule has 0 spiro atoms. The first-order chi connectivity index (χ1) is 15.0. The van der Waals surface area contributed by atoms with Gasteiger partial charge in [-0.05, 0) is 26.0 Å². The Balaban J connectivity index is 1.41. The standard InChI is InChI=1S/C23H21N5O2S/c1-15-12-27(14-24-15)18-8-9-19-22(29)26(10-11-28(19)23(18)30)13-20-25-21(16(2)31-20)17-6-4-3-5-7-17/h3-9,12,14H,10-11,13H2,1-2H3. The zero-order chi connectivity index (χ0) is 21.5. The second-order valence-electron chi connectivity index (χ2n) is 7.59. The molecule has 0 saturated heterocycles. The topological polar surface area (TPSA) is 73.0 Å². The van der Waals surface area contributed by atoms with Crippen LogP contribution in [0.3, 0.4) is 0 Å². The van der Waals surface area contributed by atoms with Crippen molar-refractivity contribution in [3.05, 3.63) is 86.6 Å². The molecule has 3 aromatic heterocycles. The van der Waals surface area contributed by atoms with Gasteiger partial charge in [-0.25, -0.2) is 9.97 Å². The lowest BCUT2D eigenvalue weighted by atomic mass is 10.1. The van der Waals surface area contributed by atoms with E-state index < -0.39 is 0 Å². The molecule has 0 saturated carbocycles. The molecular formula is C23H21N5O2S. The normalized spacial score (nSPS) is 13.5. The van der Waals surface area contributed by atoms with Gasteiger partial charge in [-0.15, -0.1) is 11.3 Å². The number of aromatic nitrogens is 4. The van der Waals surface area contributed by atoms with Crippen molar-refractivity contribution in [1.82, 2.24) is 24.0 Å². The average Bonchev–Trinajstić information content (AvgIpc) is 3.36. The van der Waals surface area contributed by atoms with E-state index in [-0.39, 0.29) is 11.5 Å². The maximum absolute atomic E-state index is 13.1. The summed E-state index contributed by atoms with van der Waals surface area (Å²) in [6.07, 6.45) is 3.42. The largest absolute Gasteiger partial charge is 0.329 e. The lowest BCUT2D eigenvalue weighted by Crippen LogP contribution is -2.44. The second kappa shape index (κ2) is 7.63. The number of carbonyl (C=O) groups is 1. The molecule has 156 valence electrons. The number of imidazole rings is 1. The van der Waals surface area contributed by atoms with Gasteiger partial charge in [0.15, 0.2) is 0 Å². The number of fused-ring (bicyclic) bond motifs is 1. The Kier molecular flexibility index (Phi) is 4.78. The van der Waals surface area contributed by atoms with Gasteiger partial charge >= 0.3 is 0 Å². The fraction of sp³-hybridized carbons (Fsp3) is 0.217. The van der Waals surface area contributed by atoms with E-state index in [4.69, 9.17) is 4.98 Å². The van der Waals surface area contributed by atoms with E-state index in [1.807, 2.05) is 37.3 Å². The third kappa shape index (κ3) is 3.48. The molecule has 0 N–H and O–H groups in total. The van der Waals surface area contributed by atoms with E-state index in [2.05, 4.69) is 11.9 Å². The van der Waals surface area contributed by atoms with Crippen LogP contribution in [0.4, 0.5) is 0 Å². The lowest BCUT2D eigenvalue weighted by Gasteiger charge is -2.29. The molecular weight excluding hydrogens is 410 g/mol. The van der Waals surface area contributed by atoms with Crippen molar-refractivity contribution in [2.24, 2.45) is 0 Å². The highest BCUT2D eigenvalue weighted by atomic mass is 32.1. The maximum Gasteiger partial charge on any atom is 0.275 e. The number of hydrogen-bond acceptors (Lipinski definition) is 5. The molecule has 0 unspecified atom stereocenters. The highest BCUT2D eigenvalue weighted by Crippen LogP contribution is 2.28. The van der Waals surface area contributed by atoms with E-state index in [1.165, 1.54) is 0 Å². The van der Waals surface area contributed by atoms with Gasteiger partial charge < -0.3 is 14.0 Å². The van der Waals surface area contributed by atoms with Crippen molar-refractivity contribution in [1.29, 1.82) is 0 Å². The summed E-state index contributed by atoms with van der Waals surface area (Å²) >= 11 is 1.61. The first kappa shape index (κ1) is 19.4. The third-order valence-electron chi connectivity index (χ3n) is 5.46. The minimum Gasteiger partial charge on any atom is -0.329 e. The molecule has 4 aromatic rings. The molecule has 1 aromatic carbocycles. The summed E-state index contributed by atoms with van der Waals surface area (Å²) in [4.78, 5) is 37.9. The number of thiazole rings is 1. The van der Waals surface area contributed by atoms with Gasteiger partial charge in [0.05, 0.1) is 24.3 Å². The van der Waals surface area contributed by atoms with E-state index in [9.17, 15) is 9.59 Å². The lowest BCUT2D eigenvalue weighted by molar-refractivity contribution is 0.0686. The zero-order valence-electron chi connectivity index (χ0n) is 17.3. The predicted molar refractivity (Wildman–Crippen MR) is 120 cm³/mol. The van der Waals surface area contributed by atoms with Crippen LogP contribution < -0.4 is 5.56 Å². The van der Waals surface area contributed by atoms with E-state index >= 15 is 0 Å². The summed E-state index contributed by atoms with van der Waals surface area (Å²) in [6, 6.07) is 13.5. The Morgan fingerprint density at radius 2 is 1.84 bits per heavy atom. The van der Waals surface area contributed by atoms with E-state index in [0.717, 1.165) is 26.8 Å². The molecule has 1 aliphatic heterocycles. The number of pyridine rings is 1. The monoisotopic (exact) mass is 431 g/mol. The number of hydrogen-bond donors (Lipinski definition) is 0. The number of aryl methyl sites for hydroxylation is 2. The minimum absolute atomic E-state index is 0.147. The van der Waals surface area contributed by atoms with Crippen LogP contribution in [0, 0.1) is 13.8 Å². The van der Waals surface area contributed by atoms with Crippen molar-refractivity contribution in [3.8, 4) is 16.9 Å². The van der Waals surface area contributed by atoms with Crippen molar-refractivity contribution < 1.29 is 4.79 Å². The van der Waals surface area contributed by atoms with E-state index in [0.29, 0.717) is 31.0 Å². The molecule has 7 nitrogen and oxygen atoms in total. The predicted octanol–water partition coefficient (Wildman–Crippen LogP) is 3.43. The Labute approximate surface area is 183 Å². The fourth-order valence-electron chi connectivity index (χ4n) is 3.91. The number of rotatable bonds is 4. The summed E-state index contributed by atoms with van der Waals surface area (Å²) in [5.74, 6) is -0.147. The summed E-state index contributed by atoms with van der Waals surface area (Å²) in [5.41, 5.74) is 3.59. The van der Waals surface area contributed by atoms with Gasteiger partial charge in [0.1, 0.15) is 16.4 Å². The van der Waals surface area contributed by atoms with Gasteiger partial charge in [-0.2, -0.15) is 0 Å². The molecule has 4 heterocycles. The Bertz CT molecular complexity index is 1340. The molecule has 8 heteroatoms. The Hall–Kier alpha value is -3.52. The molecule has 1 aliphatic rings. The number of nitrogens with zero attached hydrogens (tertiary/aromatic N) is 5. The quantitative estimate of drug-likeness (QED) is 0.496. The smallest absolute Gasteiger partial charge is 0.275 e. The summed E-state index contributed by atoms with van der Waals surface area (Å²) in [7, 11) is 0. The summed E-state index contributed by atoms with van der Waals surface area (Å²) in [5, 5.41) is 0.894. The SMILES string of the molecule is Cc1cn(-c2ccc3n(c2=O)CCN(Cc2nc(-c4ccccc4)c(C)s2)C3=O)cn1. The Morgan fingerprint density at radius 1 is 1.03 bits per heavy atom. The van der Waals surface area contributed by atoms with Crippen molar-refractivity contribution in [2.75, 3.05) is 6.54 Å². The third-order valence-corrected chi connectivity index (χ3v) is 6.41. The van der Waals surface area contributed by atoms with Crippen molar-refractivity contribution >= 4 is 17.2 Å². The molecule has 0 aliphatic carbocycles. The highest BCUT2D eigenvalue weighted by molar-refractivity contribution is 7.12. The molecule has 1 amide bonds. The van der Waals surface area contributed by atoms with Gasteiger partial charge in [0, 0.05) is 29.7 Å². The first-order valence-electron chi connectivity index (χ1n) is 10.1. The number of benzene rings is 1. The Morgan fingerprint density at radius 3 is 2.58 bits per heavy atom. The van der Waals surface area contributed by atoms with Crippen LogP contribution in [0.5, 0.6) is 0 Å². The molecule has 5 rings (SSSR count). The number of amides is 1. The summed E-state index contributed by atoms with van der Waals surface area (Å²) < 4.78 is 3.26. The van der Waals surface area contributed by atoms with Crippen LogP contribution in [0.15, 0.2) is 59.8 Å². The van der Waals surface area contributed by atoms with E-state index in [1.54, 1.807) is 50.0 Å². The van der Waals surface area contributed by atoms with Gasteiger partial charge in [0.25, 0.3) is 11.5 Å². The first-order valence-corrected chi connectivity index (χ1v) is 10.9. The molecule has 0 radical (unpaired) electrons. The second-order valence-corrected chi connectivity index (χ2v) is 8.88. The fourth-order valence-corrected chi connectivity index (χ4v) is 4.88. The van der Waals surface area contributed by atoms with Crippen molar-refractivity contribution in [2.45, 2.75) is 26.9 Å². The summed E-state index contributed by atoms with van der Waals surface area (Å²) in [6.45, 7) is 5.29. The molecule has 0 atom stereocenters. The molecule has 31 heavy (non-hydrogen) atoms. The minimum atomic E-state index is -0.181. The maximum atomic E-state index is 13.1.